The zero-order valence-electron chi connectivity index (χ0n) is 15.9. The number of pyridine rings is 1. The maximum Gasteiger partial charge on any atom is 0.408 e. The van der Waals surface area contributed by atoms with E-state index in [1.807, 2.05) is 31.2 Å². The standard InChI is InChI=1S/C20H24N2O5/c1-13-5-8-15(9-6-13)26-17-10-7-14(12-21-17)11-16(18(23)24)22-19(25)27-20(2,3)4/h5-10,12,16H,11H2,1-4H3,(H,22,25)(H,23,24). The number of nitrogens with one attached hydrogen (secondary N) is 1. The molecule has 0 radical (unpaired) electrons. The second kappa shape index (κ2) is 8.53. The first kappa shape index (κ1) is 20.2. The van der Waals surface area contributed by atoms with Gasteiger partial charge in [-0.05, 0) is 45.4 Å². The third-order valence-corrected chi connectivity index (χ3v) is 3.47. The summed E-state index contributed by atoms with van der Waals surface area (Å²) in [6, 6.07) is 9.80. The van der Waals surface area contributed by atoms with E-state index in [4.69, 9.17) is 9.47 Å². The first-order valence-corrected chi connectivity index (χ1v) is 8.54. The highest BCUT2D eigenvalue weighted by molar-refractivity contribution is 5.80. The smallest absolute Gasteiger partial charge is 0.408 e. The SMILES string of the molecule is Cc1ccc(Oc2ccc(CC(NC(=O)OC(C)(C)C)C(=O)O)cn2)cc1. The Morgan fingerprint density at radius 1 is 1.15 bits per heavy atom. The van der Waals surface area contributed by atoms with Gasteiger partial charge in [-0.25, -0.2) is 14.6 Å². The number of hydrogen-bond acceptors (Lipinski definition) is 5. The third-order valence-electron chi connectivity index (χ3n) is 3.47. The number of hydrogen-bond donors (Lipinski definition) is 2. The van der Waals surface area contributed by atoms with E-state index in [-0.39, 0.29) is 6.42 Å². The Morgan fingerprint density at radius 3 is 2.33 bits per heavy atom. The van der Waals surface area contributed by atoms with Gasteiger partial charge in [-0.2, -0.15) is 0 Å². The van der Waals surface area contributed by atoms with Crippen LogP contribution in [0, 0.1) is 6.92 Å². The maximum atomic E-state index is 11.8. The number of carboxylic acid groups (broad SMARTS) is 1. The van der Waals surface area contributed by atoms with E-state index < -0.39 is 23.7 Å². The van der Waals surface area contributed by atoms with Crippen molar-refractivity contribution in [3.8, 4) is 11.6 Å². The summed E-state index contributed by atoms with van der Waals surface area (Å²) < 4.78 is 10.7. The molecule has 7 nitrogen and oxygen atoms in total. The number of rotatable bonds is 6. The van der Waals surface area contributed by atoms with Crippen molar-refractivity contribution in [2.24, 2.45) is 0 Å². The average Bonchev–Trinajstić information content (AvgIpc) is 2.56. The number of nitrogens with zero attached hydrogens (tertiary/aromatic N) is 1. The largest absolute Gasteiger partial charge is 0.480 e. The van der Waals surface area contributed by atoms with Crippen molar-refractivity contribution < 1.29 is 24.2 Å². The summed E-state index contributed by atoms with van der Waals surface area (Å²) in [7, 11) is 0. The Balaban J connectivity index is 1.98. The van der Waals surface area contributed by atoms with Crippen molar-refractivity contribution in [2.45, 2.75) is 45.8 Å². The van der Waals surface area contributed by atoms with E-state index in [1.54, 1.807) is 32.9 Å². The van der Waals surface area contributed by atoms with Crippen LogP contribution < -0.4 is 10.1 Å². The highest BCUT2D eigenvalue weighted by Crippen LogP contribution is 2.20. The van der Waals surface area contributed by atoms with Crippen molar-refractivity contribution >= 4 is 12.1 Å². The molecule has 1 unspecified atom stereocenters. The van der Waals surface area contributed by atoms with E-state index in [0.29, 0.717) is 17.2 Å². The van der Waals surface area contributed by atoms with Gasteiger partial charge >= 0.3 is 12.1 Å². The first-order chi connectivity index (χ1) is 12.6. The van der Waals surface area contributed by atoms with Crippen LogP contribution in [0.1, 0.15) is 31.9 Å². The minimum atomic E-state index is -1.15. The van der Waals surface area contributed by atoms with Crippen LogP contribution in [0.15, 0.2) is 42.6 Å². The number of aromatic nitrogens is 1. The van der Waals surface area contributed by atoms with Gasteiger partial charge in [0.15, 0.2) is 0 Å². The van der Waals surface area contributed by atoms with Crippen molar-refractivity contribution in [2.75, 3.05) is 0 Å². The molecule has 0 aliphatic heterocycles. The molecule has 0 fully saturated rings. The molecule has 0 saturated heterocycles. The Morgan fingerprint density at radius 2 is 1.81 bits per heavy atom. The number of ether oxygens (including phenoxy) is 2. The molecule has 0 saturated carbocycles. The van der Waals surface area contributed by atoms with Gasteiger partial charge in [0.1, 0.15) is 17.4 Å². The van der Waals surface area contributed by atoms with Crippen molar-refractivity contribution in [1.82, 2.24) is 10.3 Å². The molecule has 2 rings (SSSR count). The molecule has 1 heterocycles. The molecule has 0 bridgehead atoms. The second-order valence-electron chi connectivity index (χ2n) is 7.16. The molecule has 1 aromatic heterocycles. The normalized spacial score (nSPS) is 12.1. The lowest BCUT2D eigenvalue weighted by molar-refractivity contribution is -0.139. The molecule has 1 atom stereocenters. The van der Waals surface area contributed by atoms with Crippen LogP contribution in [0.5, 0.6) is 11.6 Å². The Kier molecular flexibility index (Phi) is 6.39. The van der Waals surface area contributed by atoms with Crippen LogP contribution in [0.3, 0.4) is 0 Å². The summed E-state index contributed by atoms with van der Waals surface area (Å²) in [5.74, 6) is -0.0914. The Labute approximate surface area is 158 Å². The number of carboxylic acids is 1. The van der Waals surface area contributed by atoms with Gasteiger partial charge in [0.05, 0.1) is 0 Å². The van der Waals surface area contributed by atoms with Gasteiger partial charge in [0, 0.05) is 18.7 Å². The maximum absolute atomic E-state index is 11.8. The van der Waals surface area contributed by atoms with Crippen LogP contribution in [-0.4, -0.2) is 33.8 Å². The molecule has 2 aromatic rings. The number of benzene rings is 1. The number of aryl methyl sites for hydroxylation is 1. The van der Waals surface area contributed by atoms with Gasteiger partial charge in [0.25, 0.3) is 0 Å². The lowest BCUT2D eigenvalue weighted by Gasteiger charge is -2.22. The fourth-order valence-electron chi connectivity index (χ4n) is 2.20. The number of carbonyl (C=O) groups is 2. The van der Waals surface area contributed by atoms with Crippen molar-refractivity contribution in [3.05, 3.63) is 53.7 Å². The van der Waals surface area contributed by atoms with Crippen LogP contribution in [0.25, 0.3) is 0 Å². The molecule has 0 aliphatic carbocycles. The van der Waals surface area contributed by atoms with Crippen LogP contribution in [0.4, 0.5) is 4.79 Å². The van der Waals surface area contributed by atoms with Crippen LogP contribution in [0.2, 0.25) is 0 Å². The fourth-order valence-corrected chi connectivity index (χ4v) is 2.20. The van der Waals surface area contributed by atoms with E-state index in [9.17, 15) is 14.7 Å². The molecular weight excluding hydrogens is 348 g/mol. The number of aliphatic carboxylic acids is 1. The first-order valence-electron chi connectivity index (χ1n) is 8.54. The summed E-state index contributed by atoms with van der Waals surface area (Å²) in [6.45, 7) is 7.11. The predicted octanol–water partition coefficient (Wildman–Crippen LogP) is 3.70. The topological polar surface area (TPSA) is 97.8 Å². The molecule has 27 heavy (non-hydrogen) atoms. The van der Waals surface area contributed by atoms with Gasteiger partial charge in [-0.15, -0.1) is 0 Å². The van der Waals surface area contributed by atoms with E-state index in [1.165, 1.54) is 6.20 Å². The summed E-state index contributed by atoms with van der Waals surface area (Å²) in [6.07, 6.45) is 0.824. The number of alkyl carbamates (subject to hydrolysis) is 1. The lowest BCUT2D eigenvalue weighted by Crippen LogP contribution is -2.44. The zero-order valence-corrected chi connectivity index (χ0v) is 15.9. The van der Waals surface area contributed by atoms with E-state index in [0.717, 1.165) is 5.56 Å². The zero-order chi connectivity index (χ0) is 20.0. The van der Waals surface area contributed by atoms with E-state index >= 15 is 0 Å². The average molecular weight is 372 g/mol. The van der Waals surface area contributed by atoms with Crippen LogP contribution >= 0.6 is 0 Å². The molecule has 0 aliphatic rings. The molecule has 144 valence electrons. The van der Waals surface area contributed by atoms with Gasteiger partial charge in [0.2, 0.25) is 5.88 Å². The highest BCUT2D eigenvalue weighted by Gasteiger charge is 2.24. The van der Waals surface area contributed by atoms with Crippen LogP contribution in [-0.2, 0) is 16.0 Å². The highest BCUT2D eigenvalue weighted by atomic mass is 16.6. The number of amides is 1. The molecule has 0 spiro atoms. The molecule has 2 N–H and O–H groups in total. The van der Waals surface area contributed by atoms with Crippen molar-refractivity contribution in [1.29, 1.82) is 0 Å². The second-order valence-corrected chi connectivity index (χ2v) is 7.16. The third kappa shape index (κ3) is 6.97. The summed E-state index contributed by atoms with van der Waals surface area (Å²) >= 11 is 0. The monoisotopic (exact) mass is 372 g/mol. The Hall–Kier alpha value is -3.09. The van der Waals surface area contributed by atoms with Gasteiger partial charge < -0.3 is 19.9 Å². The summed E-state index contributed by atoms with van der Waals surface area (Å²) in [5, 5.41) is 11.7. The fraction of sp³-hybridized carbons (Fsp3) is 0.350. The molecule has 1 amide bonds. The summed E-state index contributed by atoms with van der Waals surface area (Å²) in [5.41, 5.74) is 1.07. The molecule has 1 aromatic carbocycles. The molecular formula is C20H24N2O5. The minimum absolute atomic E-state index is 0.0758. The Bertz CT molecular complexity index is 780. The lowest BCUT2D eigenvalue weighted by atomic mass is 10.1. The van der Waals surface area contributed by atoms with E-state index in [2.05, 4.69) is 10.3 Å². The number of carbonyl (C=O) groups excluding carboxylic acids is 1. The summed E-state index contributed by atoms with van der Waals surface area (Å²) in [4.78, 5) is 27.4. The predicted molar refractivity (Wildman–Crippen MR) is 100.0 cm³/mol. The van der Waals surface area contributed by atoms with Gasteiger partial charge in [-0.1, -0.05) is 23.8 Å². The van der Waals surface area contributed by atoms with Crippen molar-refractivity contribution in [3.63, 3.8) is 0 Å². The molecule has 7 heteroatoms. The van der Waals surface area contributed by atoms with Gasteiger partial charge in [-0.3, -0.25) is 0 Å². The quantitative estimate of drug-likeness (QED) is 0.802. The minimum Gasteiger partial charge on any atom is -0.480 e.